The third-order valence-corrected chi connectivity index (χ3v) is 6.22. The average molecular weight is 471 g/mol. The molecule has 34 heavy (non-hydrogen) atoms. The van der Waals surface area contributed by atoms with E-state index in [1.54, 1.807) is 29.1 Å². The summed E-state index contributed by atoms with van der Waals surface area (Å²) in [6.07, 6.45) is 3.97. The van der Waals surface area contributed by atoms with Crippen LogP contribution in [0.5, 0.6) is 0 Å². The molecule has 0 spiro atoms. The number of rotatable bonds is 6. The summed E-state index contributed by atoms with van der Waals surface area (Å²) in [6, 6.07) is 20.6. The van der Waals surface area contributed by atoms with Crippen molar-refractivity contribution in [2.75, 3.05) is 6.61 Å². The molecule has 5 aromatic rings. The van der Waals surface area contributed by atoms with Crippen molar-refractivity contribution in [2.45, 2.75) is 19.4 Å². The molecule has 5 rings (SSSR count). The number of H-pyrrole nitrogens is 1. The third kappa shape index (κ3) is 4.25. The summed E-state index contributed by atoms with van der Waals surface area (Å²) in [7, 11) is 0. The van der Waals surface area contributed by atoms with E-state index < -0.39 is 0 Å². The normalized spacial score (nSPS) is 12.2. The monoisotopic (exact) mass is 470 g/mol. The lowest BCUT2D eigenvalue weighted by atomic mass is 10.0. The van der Waals surface area contributed by atoms with Crippen LogP contribution in [0.2, 0.25) is 5.02 Å². The van der Waals surface area contributed by atoms with Crippen LogP contribution >= 0.6 is 11.6 Å². The largest absolute Gasteiger partial charge is 0.396 e. The van der Waals surface area contributed by atoms with Crippen LogP contribution in [0.25, 0.3) is 33.3 Å². The third-order valence-electron chi connectivity index (χ3n) is 5.99. The molecule has 3 heterocycles. The van der Waals surface area contributed by atoms with Gasteiger partial charge in [-0.2, -0.15) is 5.10 Å². The maximum Gasteiger partial charge on any atom is 0.251 e. The Hall–Kier alpha value is -3.74. The number of benzene rings is 2. The first kappa shape index (κ1) is 22.1. The molecule has 0 bridgehead atoms. The lowest BCUT2D eigenvalue weighted by molar-refractivity contribution is 0.267. The number of halogens is 1. The van der Waals surface area contributed by atoms with Crippen LogP contribution in [0.1, 0.15) is 23.7 Å². The number of aliphatic hydroxyl groups is 1. The van der Waals surface area contributed by atoms with E-state index in [2.05, 4.69) is 15.2 Å². The standard InChI is InChI=1S/C27H23ClN4O2/c1-17-13-21(7-10-29-17)27-23-15-18(5-6-24(23)30-31-27)19-8-11-32(26(34)16-19)25(9-12-33)20-3-2-4-22(28)14-20/h2-8,10-11,13-16,25,33H,9,12H2,1H3,(H,30,31)/t25-/m1/s1. The van der Waals surface area contributed by atoms with E-state index in [4.69, 9.17) is 11.6 Å². The maximum absolute atomic E-state index is 13.2. The zero-order valence-corrected chi connectivity index (χ0v) is 19.3. The van der Waals surface area contributed by atoms with Crippen LogP contribution in [0, 0.1) is 6.92 Å². The molecule has 0 aliphatic carbocycles. The van der Waals surface area contributed by atoms with E-state index in [0.29, 0.717) is 11.4 Å². The number of nitrogens with one attached hydrogen (secondary N) is 1. The number of fused-ring (bicyclic) bond motifs is 1. The first-order chi connectivity index (χ1) is 16.5. The fourth-order valence-electron chi connectivity index (χ4n) is 4.34. The van der Waals surface area contributed by atoms with Gasteiger partial charge in [-0.15, -0.1) is 0 Å². The number of hydrogen-bond acceptors (Lipinski definition) is 4. The molecule has 0 aliphatic rings. The van der Waals surface area contributed by atoms with Gasteiger partial charge in [-0.3, -0.25) is 14.9 Å². The molecular formula is C27H23ClN4O2. The Labute approximate surface area is 201 Å². The molecule has 0 unspecified atom stereocenters. The Bertz CT molecular complexity index is 1540. The van der Waals surface area contributed by atoms with E-state index in [1.165, 1.54) is 0 Å². The molecule has 170 valence electrons. The van der Waals surface area contributed by atoms with Crippen molar-refractivity contribution < 1.29 is 5.11 Å². The van der Waals surface area contributed by atoms with Crippen LogP contribution in [0.15, 0.2) is 83.9 Å². The molecular weight excluding hydrogens is 448 g/mol. The average Bonchev–Trinajstić information content (AvgIpc) is 3.26. The van der Waals surface area contributed by atoms with Gasteiger partial charge < -0.3 is 9.67 Å². The molecule has 0 radical (unpaired) electrons. The van der Waals surface area contributed by atoms with Crippen molar-refractivity contribution in [3.63, 3.8) is 0 Å². The number of pyridine rings is 2. The van der Waals surface area contributed by atoms with Gasteiger partial charge in [-0.25, -0.2) is 0 Å². The van der Waals surface area contributed by atoms with Crippen LogP contribution in [0.4, 0.5) is 0 Å². The van der Waals surface area contributed by atoms with Crippen LogP contribution < -0.4 is 5.56 Å². The minimum Gasteiger partial charge on any atom is -0.396 e. The molecule has 0 aliphatic heterocycles. The molecule has 0 saturated carbocycles. The van der Waals surface area contributed by atoms with Crippen molar-refractivity contribution in [1.82, 2.24) is 19.7 Å². The van der Waals surface area contributed by atoms with Gasteiger partial charge in [0, 0.05) is 46.7 Å². The van der Waals surface area contributed by atoms with Gasteiger partial charge >= 0.3 is 0 Å². The van der Waals surface area contributed by atoms with Crippen molar-refractivity contribution >= 4 is 22.5 Å². The van der Waals surface area contributed by atoms with E-state index in [1.807, 2.05) is 61.5 Å². The highest BCUT2D eigenvalue weighted by Crippen LogP contribution is 2.31. The highest BCUT2D eigenvalue weighted by atomic mass is 35.5. The molecule has 7 heteroatoms. The van der Waals surface area contributed by atoms with Gasteiger partial charge in [0.15, 0.2) is 0 Å². The minimum atomic E-state index is -0.303. The number of aliphatic hydroxyl groups excluding tert-OH is 1. The van der Waals surface area contributed by atoms with Gasteiger partial charge in [-0.05, 0) is 72.5 Å². The Kier molecular flexibility index (Phi) is 6.01. The van der Waals surface area contributed by atoms with Gasteiger partial charge in [0.1, 0.15) is 5.69 Å². The molecule has 3 aromatic heterocycles. The Morgan fingerprint density at radius 1 is 1.03 bits per heavy atom. The predicted octanol–water partition coefficient (Wildman–Crippen LogP) is 5.39. The molecule has 2 N–H and O–H groups in total. The summed E-state index contributed by atoms with van der Waals surface area (Å²) in [4.78, 5) is 17.4. The highest BCUT2D eigenvalue weighted by molar-refractivity contribution is 6.30. The molecule has 2 aromatic carbocycles. The topological polar surface area (TPSA) is 83.8 Å². The van der Waals surface area contributed by atoms with E-state index in [9.17, 15) is 9.90 Å². The molecule has 0 fully saturated rings. The Morgan fingerprint density at radius 3 is 2.65 bits per heavy atom. The van der Waals surface area contributed by atoms with Crippen LogP contribution in [-0.2, 0) is 0 Å². The van der Waals surface area contributed by atoms with Crippen molar-refractivity contribution in [2.24, 2.45) is 0 Å². The Balaban J connectivity index is 1.55. The first-order valence-electron chi connectivity index (χ1n) is 11.0. The summed E-state index contributed by atoms with van der Waals surface area (Å²) in [6.45, 7) is 1.91. The summed E-state index contributed by atoms with van der Waals surface area (Å²) in [5.74, 6) is 0. The van der Waals surface area contributed by atoms with Crippen molar-refractivity contribution in [3.05, 3.63) is 106 Å². The van der Waals surface area contributed by atoms with Crippen LogP contribution in [0.3, 0.4) is 0 Å². The second kappa shape index (κ2) is 9.25. The van der Waals surface area contributed by atoms with Gasteiger partial charge in [0.25, 0.3) is 5.56 Å². The lowest BCUT2D eigenvalue weighted by Crippen LogP contribution is -2.25. The zero-order chi connectivity index (χ0) is 23.7. The molecule has 6 nitrogen and oxygen atoms in total. The van der Waals surface area contributed by atoms with Gasteiger partial charge in [-0.1, -0.05) is 29.8 Å². The Morgan fingerprint density at radius 2 is 1.88 bits per heavy atom. The highest BCUT2D eigenvalue weighted by Gasteiger charge is 2.16. The molecule has 0 amide bonds. The summed E-state index contributed by atoms with van der Waals surface area (Å²) < 4.78 is 1.65. The number of aromatic amines is 1. The van der Waals surface area contributed by atoms with Crippen molar-refractivity contribution in [3.8, 4) is 22.4 Å². The summed E-state index contributed by atoms with van der Waals surface area (Å²) >= 11 is 6.16. The number of aryl methyl sites for hydroxylation is 1. The zero-order valence-electron chi connectivity index (χ0n) is 18.6. The predicted molar refractivity (Wildman–Crippen MR) is 135 cm³/mol. The smallest absolute Gasteiger partial charge is 0.251 e. The van der Waals surface area contributed by atoms with E-state index >= 15 is 0 Å². The molecule has 0 saturated heterocycles. The van der Waals surface area contributed by atoms with Crippen molar-refractivity contribution in [1.29, 1.82) is 0 Å². The minimum absolute atomic E-state index is 0.0419. The van der Waals surface area contributed by atoms with E-state index in [-0.39, 0.29) is 18.2 Å². The number of nitrogens with zero attached hydrogens (tertiary/aromatic N) is 3. The molecule has 1 atom stereocenters. The number of aromatic nitrogens is 4. The fraction of sp³-hybridized carbons (Fsp3) is 0.148. The fourth-order valence-corrected chi connectivity index (χ4v) is 4.53. The second-order valence-electron chi connectivity index (χ2n) is 8.26. The SMILES string of the molecule is Cc1cc(-c2n[nH]c3ccc(-c4ccn([C@H](CCO)c5cccc(Cl)c5)c(=O)c4)cc23)ccn1. The quantitative estimate of drug-likeness (QED) is 0.348. The van der Waals surface area contributed by atoms with Gasteiger partial charge in [0.2, 0.25) is 0 Å². The first-order valence-corrected chi connectivity index (χ1v) is 11.4. The van der Waals surface area contributed by atoms with E-state index in [0.717, 1.165) is 44.5 Å². The van der Waals surface area contributed by atoms with Crippen LogP contribution in [-0.4, -0.2) is 31.5 Å². The second-order valence-corrected chi connectivity index (χ2v) is 8.70. The summed E-state index contributed by atoms with van der Waals surface area (Å²) in [5.41, 5.74) is 6.15. The van der Waals surface area contributed by atoms with Gasteiger partial charge in [0.05, 0.1) is 11.6 Å². The summed E-state index contributed by atoms with van der Waals surface area (Å²) in [5, 5.41) is 18.8. The number of hydrogen-bond donors (Lipinski definition) is 2. The lowest BCUT2D eigenvalue weighted by Gasteiger charge is -2.20. The maximum atomic E-state index is 13.2.